The van der Waals surface area contributed by atoms with Crippen LogP contribution in [-0.2, 0) is 0 Å². The first-order valence-electron chi connectivity index (χ1n) is 8.01. The van der Waals surface area contributed by atoms with Crippen LogP contribution >= 0.6 is 0 Å². The van der Waals surface area contributed by atoms with E-state index in [0.717, 1.165) is 41.7 Å². The predicted octanol–water partition coefficient (Wildman–Crippen LogP) is 3.86. The molecule has 2 N–H and O–H groups in total. The topological polar surface area (TPSA) is 68.3 Å². The number of ether oxygens (including phenoxy) is 2. The first-order valence-corrected chi connectivity index (χ1v) is 8.01. The molecule has 1 aromatic heterocycles. The van der Waals surface area contributed by atoms with Crippen molar-refractivity contribution in [2.24, 2.45) is 0 Å². The summed E-state index contributed by atoms with van der Waals surface area (Å²) >= 11 is 0. The highest BCUT2D eigenvalue weighted by atomic mass is 16.7. The highest BCUT2D eigenvalue weighted by Crippen LogP contribution is 2.34. The van der Waals surface area contributed by atoms with E-state index >= 15 is 0 Å². The highest BCUT2D eigenvalue weighted by Gasteiger charge is 2.13. The molecule has 1 aliphatic heterocycles. The Morgan fingerprint density at radius 1 is 1.09 bits per heavy atom. The van der Waals surface area contributed by atoms with Gasteiger partial charge in [-0.25, -0.2) is 4.98 Å². The predicted molar refractivity (Wildman–Crippen MR) is 90.6 cm³/mol. The van der Waals surface area contributed by atoms with Crippen LogP contribution < -0.4 is 20.1 Å². The molecule has 122 valence electrons. The molecule has 1 aliphatic rings. The molecule has 0 saturated heterocycles. The van der Waals surface area contributed by atoms with Crippen molar-refractivity contribution in [3.8, 4) is 11.5 Å². The van der Waals surface area contributed by atoms with Crippen LogP contribution in [0.4, 0.5) is 17.5 Å². The molecule has 6 heteroatoms. The lowest BCUT2D eigenvalue weighted by Gasteiger charge is -2.10. The lowest BCUT2D eigenvalue weighted by molar-refractivity contribution is 0.174. The fraction of sp³-hybridized carbons (Fsp3) is 0.412. The van der Waals surface area contributed by atoms with E-state index in [1.807, 2.05) is 31.2 Å². The van der Waals surface area contributed by atoms with Crippen molar-refractivity contribution in [1.82, 2.24) is 9.97 Å². The largest absolute Gasteiger partial charge is 0.454 e. The zero-order valence-electron chi connectivity index (χ0n) is 13.6. The van der Waals surface area contributed by atoms with Crippen molar-refractivity contribution in [3.63, 3.8) is 0 Å². The Hall–Kier alpha value is -2.50. The van der Waals surface area contributed by atoms with Gasteiger partial charge in [0.2, 0.25) is 12.7 Å². The molecular weight excluding hydrogens is 292 g/mol. The number of benzene rings is 1. The molecule has 0 aliphatic carbocycles. The van der Waals surface area contributed by atoms with Gasteiger partial charge >= 0.3 is 0 Å². The molecule has 6 nitrogen and oxygen atoms in total. The van der Waals surface area contributed by atoms with Crippen LogP contribution in [0.15, 0.2) is 24.3 Å². The number of aryl methyl sites for hydroxylation is 1. The summed E-state index contributed by atoms with van der Waals surface area (Å²) in [5.74, 6) is 2.94. The van der Waals surface area contributed by atoms with E-state index in [9.17, 15) is 0 Å². The zero-order chi connectivity index (χ0) is 16.1. The Labute approximate surface area is 136 Å². The van der Waals surface area contributed by atoms with E-state index in [1.54, 1.807) is 0 Å². The third-order valence-electron chi connectivity index (χ3n) is 3.56. The Balaban J connectivity index is 1.68. The summed E-state index contributed by atoms with van der Waals surface area (Å²) in [7, 11) is 0. The molecule has 0 atom stereocenters. The molecule has 3 rings (SSSR count). The molecule has 0 radical (unpaired) electrons. The van der Waals surface area contributed by atoms with E-state index in [-0.39, 0.29) is 6.79 Å². The van der Waals surface area contributed by atoms with E-state index in [0.29, 0.717) is 5.95 Å². The normalized spacial score (nSPS) is 12.3. The molecule has 0 unspecified atom stereocenters. The zero-order valence-corrected chi connectivity index (χ0v) is 13.6. The maximum atomic E-state index is 5.39. The minimum Gasteiger partial charge on any atom is -0.454 e. The summed E-state index contributed by atoms with van der Waals surface area (Å²) in [5, 5.41) is 6.57. The van der Waals surface area contributed by atoms with Gasteiger partial charge < -0.3 is 20.1 Å². The van der Waals surface area contributed by atoms with Gasteiger partial charge in [-0.1, -0.05) is 19.8 Å². The first-order chi connectivity index (χ1) is 11.2. The van der Waals surface area contributed by atoms with Crippen molar-refractivity contribution in [3.05, 3.63) is 30.0 Å². The molecule has 2 aromatic rings. The van der Waals surface area contributed by atoms with Crippen molar-refractivity contribution in [2.45, 2.75) is 33.1 Å². The van der Waals surface area contributed by atoms with Crippen molar-refractivity contribution in [2.75, 3.05) is 24.0 Å². The first kappa shape index (κ1) is 15.4. The summed E-state index contributed by atoms with van der Waals surface area (Å²) in [6, 6.07) is 7.66. The molecule has 2 heterocycles. The summed E-state index contributed by atoms with van der Waals surface area (Å²) < 4.78 is 10.7. The Bertz CT molecular complexity index is 676. The van der Waals surface area contributed by atoms with Gasteiger partial charge in [0.1, 0.15) is 5.82 Å². The second kappa shape index (κ2) is 7.17. The van der Waals surface area contributed by atoms with Gasteiger partial charge in [0.15, 0.2) is 11.5 Å². The molecule has 0 amide bonds. The van der Waals surface area contributed by atoms with Gasteiger partial charge in [-0.3, -0.25) is 0 Å². The number of fused-ring (bicyclic) bond motifs is 1. The number of anilines is 3. The summed E-state index contributed by atoms with van der Waals surface area (Å²) in [6.45, 7) is 5.32. The minimum absolute atomic E-state index is 0.275. The molecule has 0 spiro atoms. The van der Waals surface area contributed by atoms with E-state index in [4.69, 9.17) is 9.47 Å². The average molecular weight is 314 g/mol. The van der Waals surface area contributed by atoms with Crippen LogP contribution in [0, 0.1) is 6.92 Å². The van der Waals surface area contributed by atoms with Crippen LogP contribution in [0.5, 0.6) is 11.5 Å². The number of unbranched alkanes of at least 4 members (excludes halogenated alkanes) is 2. The number of aromatic nitrogens is 2. The molecule has 0 bridgehead atoms. The van der Waals surface area contributed by atoms with Crippen LogP contribution in [-0.4, -0.2) is 23.3 Å². The van der Waals surface area contributed by atoms with Crippen molar-refractivity contribution >= 4 is 17.5 Å². The van der Waals surface area contributed by atoms with Gasteiger partial charge in [0.05, 0.1) is 0 Å². The van der Waals surface area contributed by atoms with E-state index in [2.05, 4.69) is 27.5 Å². The number of nitrogens with one attached hydrogen (secondary N) is 2. The average Bonchev–Trinajstić information content (AvgIpc) is 2.99. The Morgan fingerprint density at radius 3 is 2.83 bits per heavy atom. The van der Waals surface area contributed by atoms with Crippen LogP contribution in [0.2, 0.25) is 0 Å². The second-order valence-electron chi connectivity index (χ2n) is 5.55. The molecule has 1 aromatic carbocycles. The number of nitrogens with zero attached hydrogens (tertiary/aromatic N) is 2. The Kier molecular flexibility index (Phi) is 4.80. The third kappa shape index (κ3) is 4.03. The van der Waals surface area contributed by atoms with Crippen molar-refractivity contribution < 1.29 is 9.47 Å². The quantitative estimate of drug-likeness (QED) is 0.756. The van der Waals surface area contributed by atoms with Gasteiger partial charge in [0, 0.05) is 30.1 Å². The standard InChI is InChI=1S/C17H22N4O2/c1-3-4-5-8-18-17-19-12(2)9-16(21-17)20-13-6-7-14-15(10-13)23-11-22-14/h6-7,9-10H,3-5,8,11H2,1-2H3,(H2,18,19,20,21). The number of hydrogen-bond donors (Lipinski definition) is 2. The van der Waals surface area contributed by atoms with Crippen LogP contribution in [0.3, 0.4) is 0 Å². The fourth-order valence-corrected chi connectivity index (χ4v) is 2.41. The van der Waals surface area contributed by atoms with Crippen LogP contribution in [0.1, 0.15) is 31.9 Å². The molecular formula is C17H22N4O2. The second-order valence-corrected chi connectivity index (χ2v) is 5.55. The Morgan fingerprint density at radius 2 is 1.96 bits per heavy atom. The monoisotopic (exact) mass is 314 g/mol. The van der Waals surface area contributed by atoms with Gasteiger partial charge in [0.25, 0.3) is 0 Å². The summed E-state index contributed by atoms with van der Waals surface area (Å²) in [6.07, 6.45) is 3.53. The fourth-order valence-electron chi connectivity index (χ4n) is 2.41. The van der Waals surface area contributed by atoms with E-state index in [1.165, 1.54) is 12.8 Å². The highest BCUT2D eigenvalue weighted by molar-refractivity contribution is 5.62. The van der Waals surface area contributed by atoms with Gasteiger partial charge in [-0.05, 0) is 25.5 Å². The number of rotatable bonds is 7. The summed E-state index contributed by atoms with van der Waals surface area (Å²) in [4.78, 5) is 8.94. The lowest BCUT2D eigenvalue weighted by Crippen LogP contribution is -2.07. The van der Waals surface area contributed by atoms with Gasteiger partial charge in [-0.15, -0.1) is 0 Å². The molecule has 0 saturated carbocycles. The van der Waals surface area contributed by atoms with Crippen LogP contribution in [0.25, 0.3) is 0 Å². The summed E-state index contributed by atoms with van der Waals surface area (Å²) in [5.41, 5.74) is 1.82. The van der Waals surface area contributed by atoms with Gasteiger partial charge in [-0.2, -0.15) is 4.98 Å². The third-order valence-corrected chi connectivity index (χ3v) is 3.56. The molecule has 0 fully saturated rings. The maximum absolute atomic E-state index is 5.39. The van der Waals surface area contributed by atoms with E-state index < -0.39 is 0 Å². The minimum atomic E-state index is 0.275. The SMILES string of the molecule is CCCCCNc1nc(C)cc(Nc2ccc3c(c2)OCO3)n1. The smallest absolute Gasteiger partial charge is 0.231 e. The van der Waals surface area contributed by atoms with Crippen molar-refractivity contribution in [1.29, 1.82) is 0 Å². The lowest BCUT2D eigenvalue weighted by atomic mass is 10.2. The maximum Gasteiger partial charge on any atom is 0.231 e. The molecule has 23 heavy (non-hydrogen) atoms. The number of hydrogen-bond acceptors (Lipinski definition) is 6.